The minimum Gasteiger partial charge on any atom is -0.255 e. The summed E-state index contributed by atoms with van der Waals surface area (Å²) >= 11 is 0. The number of pyridine rings is 1. The number of aromatic nitrogens is 4. The Hall–Kier alpha value is -3.92. The molecular weight excluding hydrogens is 573 g/mol. The molecular formula is C43H48N4. The maximum atomic E-state index is 5.11. The molecule has 47 heavy (non-hydrogen) atoms. The first-order valence-electron chi connectivity index (χ1n) is 17.9. The SMILES string of the molecule is CC1(C)c2ccc(-c3ccc(-c4nc(C5=CC6CCCCC6C=C5)nc(-c5ccc6c(c5)CCCC6)n4)cn3)cc2C(C)(C)C1(C)C. The van der Waals surface area contributed by atoms with Crippen molar-refractivity contribution in [3.63, 3.8) is 0 Å². The Bertz CT molecular complexity index is 1920. The van der Waals surface area contributed by atoms with E-state index in [1.54, 1.807) is 0 Å². The Kier molecular flexibility index (Phi) is 7.17. The Balaban J connectivity index is 1.18. The summed E-state index contributed by atoms with van der Waals surface area (Å²) in [5.74, 6) is 3.41. The predicted molar refractivity (Wildman–Crippen MR) is 193 cm³/mol. The van der Waals surface area contributed by atoms with Gasteiger partial charge in [0, 0.05) is 28.5 Å². The van der Waals surface area contributed by atoms with Crippen LogP contribution in [0.25, 0.3) is 39.6 Å². The molecule has 4 heteroatoms. The molecule has 0 amide bonds. The van der Waals surface area contributed by atoms with Gasteiger partial charge in [0.25, 0.3) is 0 Å². The lowest BCUT2D eigenvalue weighted by Gasteiger charge is -2.44. The van der Waals surface area contributed by atoms with E-state index in [0.29, 0.717) is 17.7 Å². The summed E-state index contributed by atoms with van der Waals surface area (Å²) in [6.45, 7) is 14.4. The number of rotatable bonds is 4. The van der Waals surface area contributed by atoms with Crippen LogP contribution in [-0.2, 0) is 23.7 Å². The monoisotopic (exact) mass is 620 g/mol. The van der Waals surface area contributed by atoms with E-state index < -0.39 is 0 Å². The minimum atomic E-state index is 0.0516. The summed E-state index contributed by atoms with van der Waals surface area (Å²) in [6, 6.07) is 18.0. The molecule has 0 radical (unpaired) electrons. The molecule has 0 saturated heterocycles. The zero-order valence-corrected chi connectivity index (χ0v) is 29.0. The second-order valence-corrected chi connectivity index (χ2v) is 16.2. The van der Waals surface area contributed by atoms with E-state index in [1.165, 1.54) is 67.2 Å². The molecule has 240 valence electrons. The molecule has 0 bridgehead atoms. The van der Waals surface area contributed by atoms with Crippen LogP contribution in [0.4, 0.5) is 0 Å². The highest BCUT2D eigenvalue weighted by molar-refractivity contribution is 5.74. The van der Waals surface area contributed by atoms with Crippen molar-refractivity contribution in [1.82, 2.24) is 19.9 Å². The van der Waals surface area contributed by atoms with Gasteiger partial charge in [-0.15, -0.1) is 0 Å². The zero-order valence-electron chi connectivity index (χ0n) is 29.0. The lowest BCUT2D eigenvalue weighted by Crippen LogP contribution is -2.42. The predicted octanol–water partition coefficient (Wildman–Crippen LogP) is 10.5. The number of hydrogen-bond acceptors (Lipinski definition) is 4. The van der Waals surface area contributed by atoms with Crippen molar-refractivity contribution in [2.24, 2.45) is 17.3 Å². The van der Waals surface area contributed by atoms with Crippen LogP contribution in [0.3, 0.4) is 0 Å². The van der Waals surface area contributed by atoms with Gasteiger partial charge in [0.2, 0.25) is 0 Å². The van der Waals surface area contributed by atoms with Gasteiger partial charge in [-0.25, -0.2) is 15.0 Å². The van der Waals surface area contributed by atoms with Gasteiger partial charge in [-0.05, 0) is 113 Å². The molecule has 4 aromatic rings. The first kappa shape index (κ1) is 30.4. The van der Waals surface area contributed by atoms with Crippen molar-refractivity contribution in [3.05, 3.63) is 101 Å². The Morgan fingerprint density at radius 3 is 2.02 bits per heavy atom. The lowest BCUT2D eigenvalue weighted by molar-refractivity contribution is 0.125. The number of fused-ring (bicyclic) bond motifs is 3. The molecule has 2 aromatic heterocycles. The normalized spacial score (nSPS) is 23.4. The summed E-state index contributed by atoms with van der Waals surface area (Å²) in [5, 5.41) is 0. The first-order chi connectivity index (χ1) is 22.5. The molecule has 4 nitrogen and oxygen atoms in total. The Labute approximate surface area is 280 Å². The summed E-state index contributed by atoms with van der Waals surface area (Å²) in [7, 11) is 0. The highest BCUT2D eigenvalue weighted by atomic mass is 15.0. The van der Waals surface area contributed by atoms with Gasteiger partial charge < -0.3 is 0 Å². The smallest absolute Gasteiger partial charge is 0.165 e. The standard InChI is InChI=1S/C43H48N4/c1-41(2)35-21-19-31(25-36(35)42(3,4)43(41,5)6)37-22-20-34(26-44-37)40-46-38(32-17-15-27-11-7-9-13-29(27)23-32)45-39(47-40)33-18-16-28-12-8-10-14-30(28)24-33/h15-27,29H,7-14H2,1-6H3. The van der Waals surface area contributed by atoms with Gasteiger partial charge in [-0.3, -0.25) is 4.98 Å². The molecule has 1 fully saturated rings. The van der Waals surface area contributed by atoms with Crippen LogP contribution in [0.1, 0.15) is 108 Å². The fourth-order valence-corrected chi connectivity index (χ4v) is 8.85. The van der Waals surface area contributed by atoms with Gasteiger partial charge >= 0.3 is 0 Å². The maximum Gasteiger partial charge on any atom is 0.165 e. The van der Waals surface area contributed by atoms with Gasteiger partial charge in [-0.1, -0.05) is 96.9 Å². The molecule has 8 rings (SSSR count). The second kappa shape index (κ2) is 11.1. The minimum absolute atomic E-state index is 0.0516. The van der Waals surface area contributed by atoms with E-state index in [2.05, 4.69) is 108 Å². The molecule has 0 spiro atoms. The van der Waals surface area contributed by atoms with E-state index >= 15 is 0 Å². The van der Waals surface area contributed by atoms with Gasteiger partial charge in [-0.2, -0.15) is 0 Å². The summed E-state index contributed by atoms with van der Waals surface area (Å²) in [6.07, 6.45) is 19.0. The molecule has 2 unspecified atom stereocenters. The third-order valence-electron chi connectivity index (χ3n) is 13.1. The zero-order chi connectivity index (χ0) is 32.6. The number of allylic oxidation sites excluding steroid dienone is 4. The third kappa shape index (κ3) is 4.93. The van der Waals surface area contributed by atoms with Crippen LogP contribution in [0, 0.1) is 17.3 Å². The van der Waals surface area contributed by atoms with Crippen LogP contribution in [0.15, 0.2) is 73.0 Å². The Morgan fingerprint density at radius 1 is 0.596 bits per heavy atom. The lowest BCUT2D eigenvalue weighted by atomic mass is 9.59. The summed E-state index contributed by atoms with van der Waals surface area (Å²) in [5.41, 5.74) is 11.3. The maximum absolute atomic E-state index is 5.11. The molecule has 4 aliphatic rings. The van der Waals surface area contributed by atoms with Crippen LogP contribution >= 0.6 is 0 Å². The average Bonchev–Trinajstić information content (AvgIpc) is 3.20. The van der Waals surface area contributed by atoms with E-state index in [0.717, 1.165) is 46.0 Å². The van der Waals surface area contributed by atoms with E-state index in [-0.39, 0.29) is 16.2 Å². The van der Waals surface area contributed by atoms with Crippen molar-refractivity contribution in [1.29, 1.82) is 0 Å². The summed E-state index contributed by atoms with van der Waals surface area (Å²) in [4.78, 5) is 20.3. The molecule has 0 N–H and O–H groups in total. The summed E-state index contributed by atoms with van der Waals surface area (Å²) < 4.78 is 0. The fraction of sp³-hybridized carbons (Fsp3) is 0.442. The molecule has 0 aliphatic heterocycles. The fourth-order valence-electron chi connectivity index (χ4n) is 8.85. The van der Waals surface area contributed by atoms with Crippen molar-refractivity contribution < 1.29 is 0 Å². The average molecular weight is 621 g/mol. The molecule has 4 aliphatic carbocycles. The highest BCUT2D eigenvalue weighted by Gasteiger charge is 2.56. The molecule has 1 saturated carbocycles. The van der Waals surface area contributed by atoms with Crippen LogP contribution in [-0.4, -0.2) is 19.9 Å². The number of nitrogens with zero attached hydrogens (tertiary/aromatic N) is 4. The van der Waals surface area contributed by atoms with Crippen molar-refractivity contribution in [3.8, 4) is 34.0 Å². The third-order valence-corrected chi connectivity index (χ3v) is 13.1. The number of aryl methyl sites for hydroxylation is 2. The quantitative estimate of drug-likeness (QED) is 0.228. The molecule has 2 aromatic carbocycles. The molecule has 2 heterocycles. The van der Waals surface area contributed by atoms with Crippen molar-refractivity contribution in [2.75, 3.05) is 0 Å². The van der Waals surface area contributed by atoms with Crippen molar-refractivity contribution in [2.45, 2.75) is 104 Å². The van der Waals surface area contributed by atoms with Crippen LogP contribution in [0.5, 0.6) is 0 Å². The van der Waals surface area contributed by atoms with Gasteiger partial charge in [0.05, 0.1) is 5.69 Å². The Morgan fingerprint density at radius 2 is 1.26 bits per heavy atom. The van der Waals surface area contributed by atoms with Crippen LogP contribution in [0.2, 0.25) is 0 Å². The number of hydrogen-bond donors (Lipinski definition) is 0. The second-order valence-electron chi connectivity index (χ2n) is 16.2. The van der Waals surface area contributed by atoms with E-state index in [9.17, 15) is 0 Å². The molecule has 2 atom stereocenters. The first-order valence-corrected chi connectivity index (χ1v) is 17.9. The largest absolute Gasteiger partial charge is 0.255 e. The van der Waals surface area contributed by atoms with Gasteiger partial charge in [0.1, 0.15) is 0 Å². The van der Waals surface area contributed by atoms with Crippen LogP contribution < -0.4 is 0 Å². The topological polar surface area (TPSA) is 51.6 Å². The van der Waals surface area contributed by atoms with Crippen molar-refractivity contribution >= 4 is 5.57 Å². The van der Waals surface area contributed by atoms with Gasteiger partial charge in [0.15, 0.2) is 17.5 Å². The highest BCUT2D eigenvalue weighted by Crippen LogP contribution is 2.61. The van der Waals surface area contributed by atoms with E-state index in [1.807, 2.05) is 6.20 Å². The van der Waals surface area contributed by atoms with E-state index in [4.69, 9.17) is 19.9 Å². The number of benzene rings is 2.